The monoisotopic (exact) mass is 429 g/mol. The van der Waals surface area contributed by atoms with Gasteiger partial charge in [0.15, 0.2) is 0 Å². The van der Waals surface area contributed by atoms with Crippen molar-refractivity contribution in [2.45, 2.75) is 13.0 Å². The molecular formula is C20H16ClN3O2S2. The lowest BCUT2D eigenvalue weighted by Gasteiger charge is -2.14. The number of amides is 1. The standard InChI is InChI=1S/C20H16ClN3O2S2/c21-15-4-2-14(3-5-15)17-7-6-16(26-17)12-18-19(25)24(20(27)28-18)10-1-9-23-11-8-22-13-23/h2-8,11-13H,1,9-10H2. The average Bonchev–Trinajstić information content (AvgIpc) is 3.41. The number of rotatable bonds is 6. The number of aryl methyl sites for hydroxylation is 1. The van der Waals surface area contributed by atoms with Crippen molar-refractivity contribution < 1.29 is 9.21 Å². The van der Waals surface area contributed by atoms with Crippen molar-refractivity contribution in [2.75, 3.05) is 6.54 Å². The van der Waals surface area contributed by atoms with Crippen LogP contribution in [0.25, 0.3) is 17.4 Å². The van der Waals surface area contributed by atoms with E-state index in [2.05, 4.69) is 4.98 Å². The van der Waals surface area contributed by atoms with Crippen LogP contribution < -0.4 is 0 Å². The zero-order valence-corrected chi connectivity index (χ0v) is 17.1. The van der Waals surface area contributed by atoms with Gasteiger partial charge in [-0.05, 0) is 42.8 Å². The smallest absolute Gasteiger partial charge is 0.266 e. The predicted molar refractivity (Wildman–Crippen MR) is 116 cm³/mol. The minimum Gasteiger partial charge on any atom is -0.457 e. The number of furan rings is 1. The molecule has 1 aliphatic heterocycles. The van der Waals surface area contributed by atoms with Gasteiger partial charge >= 0.3 is 0 Å². The van der Waals surface area contributed by atoms with Gasteiger partial charge < -0.3 is 8.98 Å². The van der Waals surface area contributed by atoms with E-state index in [1.54, 1.807) is 23.5 Å². The zero-order valence-electron chi connectivity index (χ0n) is 14.7. The number of benzene rings is 1. The average molecular weight is 430 g/mol. The summed E-state index contributed by atoms with van der Waals surface area (Å²) in [7, 11) is 0. The van der Waals surface area contributed by atoms with E-state index < -0.39 is 0 Å². The first-order valence-corrected chi connectivity index (χ1v) is 10.3. The Morgan fingerprint density at radius 3 is 2.75 bits per heavy atom. The Hall–Kier alpha value is -2.35. The highest BCUT2D eigenvalue weighted by atomic mass is 35.5. The van der Waals surface area contributed by atoms with Crippen LogP contribution in [0, 0.1) is 0 Å². The maximum Gasteiger partial charge on any atom is 0.266 e. The molecule has 1 amide bonds. The summed E-state index contributed by atoms with van der Waals surface area (Å²) in [6.45, 7) is 1.37. The third-order valence-electron chi connectivity index (χ3n) is 4.26. The van der Waals surface area contributed by atoms with Crippen LogP contribution in [-0.4, -0.2) is 31.2 Å². The van der Waals surface area contributed by atoms with Gasteiger partial charge in [-0.15, -0.1) is 0 Å². The van der Waals surface area contributed by atoms with E-state index in [0.29, 0.717) is 26.6 Å². The van der Waals surface area contributed by atoms with E-state index >= 15 is 0 Å². The number of imidazole rings is 1. The lowest BCUT2D eigenvalue weighted by atomic mass is 10.2. The van der Waals surface area contributed by atoms with Crippen molar-refractivity contribution in [2.24, 2.45) is 0 Å². The number of carbonyl (C=O) groups is 1. The van der Waals surface area contributed by atoms with Crippen molar-refractivity contribution in [1.29, 1.82) is 0 Å². The SMILES string of the molecule is O=C1C(=Cc2ccc(-c3ccc(Cl)cc3)o2)SC(=S)N1CCCn1ccnc1. The van der Waals surface area contributed by atoms with Crippen molar-refractivity contribution in [3.05, 3.63) is 70.8 Å². The number of hydrogen-bond donors (Lipinski definition) is 0. The van der Waals surface area contributed by atoms with Crippen LogP contribution in [0.4, 0.5) is 0 Å². The van der Waals surface area contributed by atoms with Crippen molar-refractivity contribution in [3.8, 4) is 11.3 Å². The summed E-state index contributed by atoms with van der Waals surface area (Å²) in [6, 6.07) is 11.1. The van der Waals surface area contributed by atoms with Crippen LogP contribution >= 0.6 is 35.6 Å². The molecule has 1 fully saturated rings. The van der Waals surface area contributed by atoms with Crippen molar-refractivity contribution in [1.82, 2.24) is 14.5 Å². The van der Waals surface area contributed by atoms with Gasteiger partial charge in [0.25, 0.3) is 5.91 Å². The van der Waals surface area contributed by atoms with Crippen LogP contribution in [0.1, 0.15) is 12.2 Å². The third kappa shape index (κ3) is 4.22. The zero-order chi connectivity index (χ0) is 19.5. The summed E-state index contributed by atoms with van der Waals surface area (Å²) >= 11 is 12.6. The second kappa shape index (κ2) is 8.34. The normalized spacial score (nSPS) is 15.8. The van der Waals surface area contributed by atoms with E-state index in [9.17, 15) is 4.79 Å². The molecule has 0 spiro atoms. The molecule has 3 aromatic rings. The second-order valence-electron chi connectivity index (χ2n) is 6.20. The van der Waals surface area contributed by atoms with Crippen molar-refractivity contribution in [3.63, 3.8) is 0 Å². The van der Waals surface area contributed by atoms with Gasteiger partial charge in [-0.2, -0.15) is 0 Å². The third-order valence-corrected chi connectivity index (χ3v) is 5.89. The minimum absolute atomic E-state index is 0.0786. The molecular weight excluding hydrogens is 414 g/mol. The Labute approximate surface area is 177 Å². The summed E-state index contributed by atoms with van der Waals surface area (Å²) in [5.41, 5.74) is 0.927. The molecule has 0 unspecified atom stereocenters. The number of hydrogen-bond acceptors (Lipinski definition) is 5. The second-order valence-corrected chi connectivity index (χ2v) is 8.31. The van der Waals surface area contributed by atoms with E-state index in [0.717, 1.165) is 24.3 Å². The fourth-order valence-corrected chi connectivity index (χ4v) is 4.27. The van der Waals surface area contributed by atoms with Gasteiger partial charge in [-0.25, -0.2) is 4.98 Å². The maximum absolute atomic E-state index is 12.7. The lowest BCUT2D eigenvalue weighted by molar-refractivity contribution is -0.122. The molecule has 1 saturated heterocycles. The van der Waals surface area contributed by atoms with Crippen LogP contribution in [0.5, 0.6) is 0 Å². The van der Waals surface area contributed by atoms with Crippen LogP contribution in [0.15, 0.2) is 64.4 Å². The maximum atomic E-state index is 12.7. The Morgan fingerprint density at radius 2 is 2.00 bits per heavy atom. The largest absolute Gasteiger partial charge is 0.457 e. The number of carbonyl (C=O) groups excluding carboxylic acids is 1. The summed E-state index contributed by atoms with van der Waals surface area (Å²) < 4.78 is 8.42. The van der Waals surface area contributed by atoms with Gasteiger partial charge in [0, 0.05) is 42.1 Å². The summed E-state index contributed by atoms with van der Waals surface area (Å²) in [5, 5.41) is 0.673. The van der Waals surface area contributed by atoms with Gasteiger partial charge in [-0.3, -0.25) is 9.69 Å². The van der Waals surface area contributed by atoms with Gasteiger partial charge in [0.2, 0.25) is 0 Å². The highest BCUT2D eigenvalue weighted by Crippen LogP contribution is 2.33. The van der Waals surface area contributed by atoms with Crippen LogP contribution in [0.3, 0.4) is 0 Å². The lowest BCUT2D eigenvalue weighted by Crippen LogP contribution is -2.29. The number of aromatic nitrogens is 2. The molecule has 5 nitrogen and oxygen atoms in total. The summed E-state index contributed by atoms with van der Waals surface area (Å²) in [4.78, 5) is 18.9. The fourth-order valence-electron chi connectivity index (χ4n) is 2.85. The predicted octanol–water partition coefficient (Wildman–Crippen LogP) is 5.09. The summed E-state index contributed by atoms with van der Waals surface area (Å²) in [5.74, 6) is 1.26. The summed E-state index contributed by atoms with van der Waals surface area (Å²) in [6.07, 6.45) is 7.95. The topological polar surface area (TPSA) is 51.3 Å². The molecule has 4 rings (SSSR count). The molecule has 0 radical (unpaired) electrons. The quantitative estimate of drug-likeness (QED) is 0.403. The Morgan fingerprint density at radius 1 is 1.18 bits per heavy atom. The van der Waals surface area contributed by atoms with E-state index in [-0.39, 0.29) is 5.91 Å². The molecule has 1 aliphatic rings. The molecule has 0 atom stereocenters. The number of nitrogens with zero attached hydrogens (tertiary/aromatic N) is 3. The number of thioether (sulfide) groups is 1. The fraction of sp³-hybridized carbons (Fsp3) is 0.150. The number of thiocarbonyl (C=S) groups is 1. The molecule has 8 heteroatoms. The molecule has 28 heavy (non-hydrogen) atoms. The molecule has 1 aromatic carbocycles. The molecule has 2 aromatic heterocycles. The first-order valence-electron chi connectivity index (χ1n) is 8.67. The first-order chi connectivity index (χ1) is 13.6. The van der Waals surface area contributed by atoms with E-state index in [4.69, 9.17) is 28.2 Å². The highest BCUT2D eigenvalue weighted by molar-refractivity contribution is 8.26. The molecule has 0 N–H and O–H groups in total. The van der Waals surface area contributed by atoms with E-state index in [1.165, 1.54) is 11.8 Å². The Kier molecular flexibility index (Phi) is 5.66. The van der Waals surface area contributed by atoms with Crippen molar-refractivity contribution >= 4 is 51.9 Å². The Balaban J connectivity index is 1.43. The van der Waals surface area contributed by atoms with Gasteiger partial charge in [0.05, 0.1) is 11.2 Å². The molecule has 0 saturated carbocycles. The van der Waals surface area contributed by atoms with Gasteiger partial charge in [0.1, 0.15) is 15.8 Å². The Bertz CT molecular complexity index is 1030. The highest BCUT2D eigenvalue weighted by Gasteiger charge is 2.31. The first kappa shape index (κ1) is 19.0. The van der Waals surface area contributed by atoms with Crippen LogP contribution in [0.2, 0.25) is 5.02 Å². The van der Waals surface area contributed by atoms with Crippen LogP contribution in [-0.2, 0) is 11.3 Å². The number of halogens is 1. The van der Waals surface area contributed by atoms with Gasteiger partial charge in [-0.1, -0.05) is 35.6 Å². The molecule has 0 bridgehead atoms. The molecule has 142 valence electrons. The molecule has 3 heterocycles. The molecule has 0 aliphatic carbocycles. The van der Waals surface area contributed by atoms with E-state index in [1.807, 2.05) is 47.2 Å². The minimum atomic E-state index is -0.0786.